The first-order valence-corrected chi connectivity index (χ1v) is 4.66. The van der Waals surface area contributed by atoms with Crippen molar-refractivity contribution in [3.05, 3.63) is 0 Å². The number of aliphatic hydroxyl groups is 1. The average molecular weight is 187 g/mol. The molecule has 0 unspecified atom stereocenters. The first-order valence-electron chi connectivity index (χ1n) is 4.66. The summed E-state index contributed by atoms with van der Waals surface area (Å²) in [6, 6.07) is 0. The molecule has 4 nitrogen and oxygen atoms in total. The molecule has 0 aliphatic carbocycles. The molecule has 0 saturated carbocycles. The number of rotatable bonds is 1. The van der Waals surface area contributed by atoms with Gasteiger partial charge in [0.2, 0.25) is 0 Å². The van der Waals surface area contributed by atoms with Gasteiger partial charge in [0.1, 0.15) is 0 Å². The van der Waals surface area contributed by atoms with Crippen molar-refractivity contribution in [1.29, 1.82) is 0 Å². The normalized spacial score (nSPS) is 21.3. The van der Waals surface area contributed by atoms with Crippen molar-refractivity contribution in [2.45, 2.75) is 31.8 Å². The predicted octanol–water partition coefficient (Wildman–Crippen LogP) is 0.990. The summed E-state index contributed by atoms with van der Waals surface area (Å²) in [7, 11) is 1.38. The molecule has 0 aromatic rings. The van der Waals surface area contributed by atoms with Crippen LogP contribution in [0, 0.1) is 0 Å². The molecule has 76 valence electrons. The van der Waals surface area contributed by atoms with Gasteiger partial charge in [-0.3, -0.25) is 0 Å². The summed E-state index contributed by atoms with van der Waals surface area (Å²) in [5.41, 5.74) is -0.565. The molecule has 1 saturated heterocycles. The summed E-state index contributed by atoms with van der Waals surface area (Å²) in [5.74, 6) is 0. The van der Waals surface area contributed by atoms with E-state index in [4.69, 9.17) is 0 Å². The van der Waals surface area contributed by atoms with E-state index in [2.05, 4.69) is 4.74 Å². The minimum atomic E-state index is -0.565. The maximum absolute atomic E-state index is 11.1. The van der Waals surface area contributed by atoms with Crippen LogP contribution in [0.15, 0.2) is 0 Å². The summed E-state index contributed by atoms with van der Waals surface area (Å²) in [6.45, 7) is 3.15. The molecule has 0 atom stereocenters. The quantitative estimate of drug-likeness (QED) is 0.666. The molecule has 0 bridgehead atoms. The van der Waals surface area contributed by atoms with Crippen molar-refractivity contribution in [1.82, 2.24) is 4.90 Å². The molecular formula is C9H17NO3. The number of carbonyl (C=O) groups excluding carboxylic acids is 1. The van der Waals surface area contributed by atoms with Crippen molar-refractivity contribution in [3.8, 4) is 0 Å². The summed E-state index contributed by atoms with van der Waals surface area (Å²) in [5, 5.41) is 9.87. The van der Waals surface area contributed by atoms with Crippen molar-refractivity contribution in [2.24, 2.45) is 0 Å². The Hall–Kier alpha value is -0.770. The number of methoxy groups -OCH3 is 1. The van der Waals surface area contributed by atoms with Crippen molar-refractivity contribution >= 4 is 6.09 Å². The largest absolute Gasteiger partial charge is 0.453 e. The third-order valence-corrected chi connectivity index (χ3v) is 2.79. The van der Waals surface area contributed by atoms with Gasteiger partial charge in [0.25, 0.3) is 0 Å². The van der Waals surface area contributed by atoms with Crippen molar-refractivity contribution < 1.29 is 14.6 Å². The summed E-state index contributed by atoms with van der Waals surface area (Å²) in [4.78, 5) is 12.7. The van der Waals surface area contributed by atoms with E-state index < -0.39 is 5.60 Å². The van der Waals surface area contributed by atoms with E-state index in [1.165, 1.54) is 7.11 Å². The Morgan fingerprint density at radius 1 is 1.54 bits per heavy atom. The zero-order valence-corrected chi connectivity index (χ0v) is 8.25. The summed E-state index contributed by atoms with van der Waals surface area (Å²) < 4.78 is 4.60. The monoisotopic (exact) mass is 187 g/mol. The van der Waals surface area contributed by atoms with Gasteiger partial charge in [0.05, 0.1) is 12.7 Å². The van der Waals surface area contributed by atoms with Gasteiger partial charge in [-0.15, -0.1) is 0 Å². The highest BCUT2D eigenvalue weighted by molar-refractivity contribution is 5.67. The van der Waals surface area contributed by atoms with Gasteiger partial charge in [-0.2, -0.15) is 0 Å². The van der Waals surface area contributed by atoms with Gasteiger partial charge in [0, 0.05) is 13.1 Å². The maximum Gasteiger partial charge on any atom is 0.409 e. The van der Waals surface area contributed by atoms with Crippen molar-refractivity contribution in [2.75, 3.05) is 20.2 Å². The molecule has 1 fully saturated rings. The summed E-state index contributed by atoms with van der Waals surface area (Å²) >= 11 is 0. The minimum Gasteiger partial charge on any atom is -0.453 e. The van der Waals surface area contributed by atoms with Crippen LogP contribution in [0.25, 0.3) is 0 Å². The Kier molecular flexibility index (Phi) is 3.14. The van der Waals surface area contributed by atoms with Crippen LogP contribution in [0.3, 0.4) is 0 Å². The predicted molar refractivity (Wildman–Crippen MR) is 48.5 cm³/mol. The molecule has 1 aliphatic rings. The molecule has 1 amide bonds. The third kappa shape index (κ3) is 2.34. The lowest BCUT2D eigenvalue weighted by Gasteiger charge is -2.36. The number of amides is 1. The van der Waals surface area contributed by atoms with E-state index in [0.29, 0.717) is 25.9 Å². The molecule has 1 aliphatic heterocycles. The van der Waals surface area contributed by atoms with Crippen LogP contribution in [0.1, 0.15) is 26.2 Å². The van der Waals surface area contributed by atoms with Gasteiger partial charge in [-0.05, 0) is 19.3 Å². The Bertz CT molecular complexity index is 185. The van der Waals surface area contributed by atoms with Crippen LogP contribution in [0.5, 0.6) is 0 Å². The molecule has 1 N–H and O–H groups in total. The van der Waals surface area contributed by atoms with Crippen molar-refractivity contribution in [3.63, 3.8) is 0 Å². The highest BCUT2D eigenvalue weighted by Crippen LogP contribution is 2.25. The number of piperidine rings is 1. The van der Waals surface area contributed by atoms with E-state index in [-0.39, 0.29) is 6.09 Å². The number of likely N-dealkylation sites (tertiary alicyclic amines) is 1. The molecule has 0 spiro atoms. The van der Waals surface area contributed by atoms with E-state index >= 15 is 0 Å². The van der Waals surface area contributed by atoms with Crippen LogP contribution in [0.4, 0.5) is 4.79 Å². The molecule has 4 heteroatoms. The van der Waals surface area contributed by atoms with Crippen LogP contribution >= 0.6 is 0 Å². The molecule has 0 aromatic carbocycles. The lowest BCUT2D eigenvalue weighted by molar-refractivity contribution is -0.0211. The zero-order valence-electron chi connectivity index (χ0n) is 8.25. The Balaban J connectivity index is 2.43. The Labute approximate surface area is 78.5 Å². The van der Waals surface area contributed by atoms with E-state index in [1.807, 2.05) is 6.92 Å². The summed E-state index contributed by atoms with van der Waals surface area (Å²) in [6.07, 6.45) is 1.76. The average Bonchev–Trinajstić information content (AvgIpc) is 2.18. The fraction of sp³-hybridized carbons (Fsp3) is 0.889. The van der Waals surface area contributed by atoms with E-state index in [1.54, 1.807) is 4.90 Å². The topological polar surface area (TPSA) is 49.8 Å². The second kappa shape index (κ2) is 3.96. The Morgan fingerprint density at radius 3 is 2.46 bits per heavy atom. The van der Waals surface area contributed by atoms with Gasteiger partial charge in [0.15, 0.2) is 0 Å². The number of hydrogen-bond acceptors (Lipinski definition) is 3. The molecule has 13 heavy (non-hydrogen) atoms. The molecule has 1 heterocycles. The molecule has 1 rings (SSSR count). The van der Waals surface area contributed by atoms with E-state index in [0.717, 1.165) is 6.42 Å². The molecule has 0 aromatic heterocycles. The first-order chi connectivity index (χ1) is 6.11. The van der Waals surface area contributed by atoms with Crippen LogP contribution in [-0.4, -0.2) is 41.9 Å². The SMILES string of the molecule is CCC1(O)CCN(C(=O)OC)CC1. The smallest absolute Gasteiger partial charge is 0.409 e. The van der Waals surface area contributed by atoms with Gasteiger partial charge in [-0.1, -0.05) is 6.92 Å². The fourth-order valence-electron chi connectivity index (χ4n) is 1.59. The van der Waals surface area contributed by atoms with Gasteiger partial charge < -0.3 is 14.7 Å². The first kappa shape index (κ1) is 10.3. The number of hydrogen-bond donors (Lipinski definition) is 1. The standard InChI is InChI=1S/C9H17NO3/c1-3-9(12)4-6-10(7-5-9)8(11)13-2/h12H,3-7H2,1-2H3. The lowest BCUT2D eigenvalue weighted by Crippen LogP contribution is -2.46. The number of carbonyl (C=O) groups is 1. The second-order valence-corrected chi connectivity index (χ2v) is 3.53. The van der Waals surface area contributed by atoms with Crippen LogP contribution < -0.4 is 0 Å². The Morgan fingerprint density at radius 2 is 2.08 bits per heavy atom. The van der Waals surface area contributed by atoms with Crippen LogP contribution in [-0.2, 0) is 4.74 Å². The minimum absolute atomic E-state index is 0.293. The maximum atomic E-state index is 11.1. The fourth-order valence-corrected chi connectivity index (χ4v) is 1.59. The zero-order chi connectivity index (χ0) is 9.90. The van der Waals surface area contributed by atoms with Crippen LogP contribution in [0.2, 0.25) is 0 Å². The lowest BCUT2D eigenvalue weighted by atomic mass is 9.89. The van der Waals surface area contributed by atoms with Gasteiger partial charge >= 0.3 is 6.09 Å². The number of ether oxygens (including phenoxy) is 1. The second-order valence-electron chi connectivity index (χ2n) is 3.53. The molecular weight excluding hydrogens is 170 g/mol. The number of nitrogens with zero attached hydrogens (tertiary/aromatic N) is 1. The van der Waals surface area contributed by atoms with Gasteiger partial charge in [-0.25, -0.2) is 4.79 Å². The highest BCUT2D eigenvalue weighted by atomic mass is 16.5. The third-order valence-electron chi connectivity index (χ3n) is 2.79. The highest BCUT2D eigenvalue weighted by Gasteiger charge is 2.32. The van der Waals surface area contributed by atoms with E-state index in [9.17, 15) is 9.90 Å². The molecule has 0 radical (unpaired) electrons.